The lowest BCUT2D eigenvalue weighted by Gasteiger charge is -2.09. The van der Waals surface area contributed by atoms with E-state index >= 15 is 0 Å². The van der Waals surface area contributed by atoms with E-state index in [0.717, 1.165) is 77.3 Å². The molecular weight excluding hydrogens is 629 g/mol. The van der Waals surface area contributed by atoms with Crippen molar-refractivity contribution in [3.8, 4) is 39.9 Å². The fraction of sp³-hybridized carbons (Fsp3) is 0. The first-order chi connectivity index (χ1) is 25.3. The molecule has 0 fully saturated rings. The van der Waals surface area contributed by atoms with E-state index in [2.05, 4.69) is 83.4 Å². The number of aromatic nitrogens is 4. The second kappa shape index (κ2) is 10.7. The summed E-state index contributed by atoms with van der Waals surface area (Å²) in [5.41, 5.74) is 9.11. The highest BCUT2D eigenvalue weighted by molar-refractivity contribution is 6.19. The Labute approximate surface area is 290 Å². The molecule has 0 aliphatic rings. The highest BCUT2D eigenvalue weighted by Gasteiger charge is 2.21. The van der Waals surface area contributed by atoms with Crippen molar-refractivity contribution in [1.29, 1.82) is 0 Å². The summed E-state index contributed by atoms with van der Waals surface area (Å²) in [4.78, 5) is 14.9. The zero-order valence-corrected chi connectivity index (χ0v) is 27.1. The normalized spacial score (nSPS) is 11.9. The van der Waals surface area contributed by atoms with Gasteiger partial charge in [-0.2, -0.15) is 0 Å². The number of hydrogen-bond donors (Lipinski definition) is 0. The summed E-state index contributed by atoms with van der Waals surface area (Å²) in [5, 5.41) is 6.41. The Kier molecular flexibility index (Phi) is 5.86. The van der Waals surface area contributed by atoms with Crippen LogP contribution in [0.3, 0.4) is 0 Å². The van der Waals surface area contributed by atoms with Crippen LogP contribution in [0.4, 0.5) is 0 Å². The van der Waals surface area contributed by atoms with Gasteiger partial charge < -0.3 is 13.4 Å². The van der Waals surface area contributed by atoms with Crippen molar-refractivity contribution in [3.63, 3.8) is 0 Å². The Morgan fingerprint density at radius 2 is 0.941 bits per heavy atom. The molecule has 0 spiro atoms. The van der Waals surface area contributed by atoms with Crippen molar-refractivity contribution in [2.24, 2.45) is 0 Å². The third-order valence-corrected chi connectivity index (χ3v) is 9.85. The van der Waals surface area contributed by atoms with Crippen LogP contribution in [0.1, 0.15) is 0 Å². The summed E-state index contributed by atoms with van der Waals surface area (Å²) in [5.74, 6) is 1.76. The van der Waals surface area contributed by atoms with E-state index in [4.69, 9.17) is 23.8 Å². The van der Waals surface area contributed by atoms with Crippen LogP contribution in [0, 0.1) is 0 Å². The van der Waals surface area contributed by atoms with Crippen LogP contribution in [0.15, 0.2) is 167 Å². The summed E-state index contributed by atoms with van der Waals surface area (Å²) in [7, 11) is 0. The van der Waals surface area contributed by atoms with Crippen molar-refractivity contribution in [2.45, 2.75) is 0 Å². The molecule has 0 aliphatic heterocycles. The van der Waals surface area contributed by atoms with Crippen LogP contribution in [-0.2, 0) is 0 Å². The Morgan fingerprint density at radius 1 is 0.392 bits per heavy atom. The summed E-state index contributed by atoms with van der Waals surface area (Å²) >= 11 is 0. The molecule has 238 valence electrons. The molecule has 11 rings (SSSR count). The fourth-order valence-corrected chi connectivity index (χ4v) is 7.57. The molecule has 51 heavy (non-hydrogen) atoms. The molecule has 6 nitrogen and oxygen atoms in total. The summed E-state index contributed by atoms with van der Waals surface area (Å²) < 4.78 is 15.7. The second-order valence-electron chi connectivity index (χ2n) is 12.8. The SMILES string of the molecule is c1ccc(-c2nc(-c3ccccc3)nc(-c3cccc4c3oc3cc5c(cc34)oc3cccc(-n4c6ccccc6c6ccccc64)c35)n2)cc1. The molecule has 7 aromatic carbocycles. The first-order valence-electron chi connectivity index (χ1n) is 16.9. The van der Waals surface area contributed by atoms with Crippen LogP contribution in [0.25, 0.3) is 106 Å². The lowest BCUT2D eigenvalue weighted by Crippen LogP contribution is -2.00. The fourth-order valence-electron chi connectivity index (χ4n) is 7.57. The third-order valence-electron chi connectivity index (χ3n) is 9.85. The van der Waals surface area contributed by atoms with E-state index < -0.39 is 0 Å². The van der Waals surface area contributed by atoms with E-state index in [1.54, 1.807) is 0 Å². The second-order valence-corrected chi connectivity index (χ2v) is 12.8. The molecule has 0 saturated heterocycles. The minimum atomic E-state index is 0.551. The Morgan fingerprint density at radius 3 is 1.63 bits per heavy atom. The molecular formula is C45H26N4O2. The van der Waals surface area contributed by atoms with Gasteiger partial charge in [-0.1, -0.05) is 115 Å². The Bertz CT molecular complexity index is 3030. The molecule has 0 amide bonds. The lowest BCUT2D eigenvalue weighted by molar-refractivity contribution is 0.664. The smallest absolute Gasteiger partial charge is 0.167 e. The summed E-state index contributed by atoms with van der Waals surface area (Å²) in [6.45, 7) is 0. The Balaban J connectivity index is 1.15. The van der Waals surface area contributed by atoms with Gasteiger partial charge in [0.1, 0.15) is 22.3 Å². The molecule has 0 N–H and O–H groups in total. The van der Waals surface area contributed by atoms with Gasteiger partial charge >= 0.3 is 0 Å². The standard InChI is InChI=1S/C45H26N4O2/c1-3-13-27(14-4-1)43-46-44(28-15-5-2-6-16-28)48-45(47-43)32-20-11-19-31-33-25-40-34(26-39(33)51-42(31)32)41-37(23-12-24-38(41)50-40)49-35-21-9-7-17-29(35)30-18-8-10-22-36(30)49/h1-26H. The van der Waals surface area contributed by atoms with Crippen molar-refractivity contribution < 1.29 is 8.83 Å². The maximum absolute atomic E-state index is 6.78. The van der Waals surface area contributed by atoms with Gasteiger partial charge in [-0.25, -0.2) is 15.0 Å². The highest BCUT2D eigenvalue weighted by atomic mass is 16.3. The van der Waals surface area contributed by atoms with E-state index in [-0.39, 0.29) is 0 Å². The van der Waals surface area contributed by atoms with E-state index in [9.17, 15) is 0 Å². The van der Waals surface area contributed by atoms with Crippen LogP contribution in [0.5, 0.6) is 0 Å². The predicted octanol–water partition coefficient (Wildman–Crippen LogP) is 11.8. The van der Waals surface area contributed by atoms with Gasteiger partial charge in [-0.15, -0.1) is 0 Å². The number of rotatable bonds is 4. The number of fused-ring (bicyclic) bond motifs is 9. The van der Waals surface area contributed by atoms with Crippen molar-refractivity contribution in [2.75, 3.05) is 0 Å². The minimum Gasteiger partial charge on any atom is -0.456 e. The van der Waals surface area contributed by atoms with E-state index in [1.165, 1.54) is 10.8 Å². The monoisotopic (exact) mass is 654 g/mol. The molecule has 6 heteroatoms. The first kappa shape index (κ1) is 27.9. The van der Waals surface area contributed by atoms with Gasteiger partial charge in [-0.05, 0) is 42.5 Å². The van der Waals surface area contributed by atoms with Crippen LogP contribution in [-0.4, -0.2) is 19.5 Å². The molecule has 0 atom stereocenters. The molecule has 0 bridgehead atoms. The summed E-state index contributed by atoms with van der Waals surface area (Å²) in [6, 6.07) is 53.8. The van der Waals surface area contributed by atoms with Gasteiger partial charge in [0.25, 0.3) is 0 Å². The summed E-state index contributed by atoms with van der Waals surface area (Å²) in [6.07, 6.45) is 0. The third kappa shape index (κ3) is 4.20. The molecule has 0 radical (unpaired) electrons. The van der Waals surface area contributed by atoms with Gasteiger partial charge in [0.15, 0.2) is 17.5 Å². The molecule has 0 saturated carbocycles. The number of furan rings is 2. The number of nitrogens with zero attached hydrogens (tertiary/aromatic N) is 4. The average Bonchev–Trinajstić information content (AvgIpc) is 3.86. The lowest BCUT2D eigenvalue weighted by atomic mass is 10.1. The predicted molar refractivity (Wildman–Crippen MR) is 205 cm³/mol. The molecule has 0 aliphatic carbocycles. The maximum Gasteiger partial charge on any atom is 0.167 e. The zero-order valence-electron chi connectivity index (χ0n) is 27.1. The largest absolute Gasteiger partial charge is 0.456 e. The van der Waals surface area contributed by atoms with E-state index in [0.29, 0.717) is 17.5 Å². The first-order valence-corrected chi connectivity index (χ1v) is 16.9. The zero-order chi connectivity index (χ0) is 33.5. The molecule has 4 heterocycles. The van der Waals surface area contributed by atoms with Crippen LogP contribution in [0.2, 0.25) is 0 Å². The molecule has 11 aromatic rings. The average molecular weight is 655 g/mol. The maximum atomic E-state index is 6.78. The molecule has 4 aromatic heterocycles. The number of hydrogen-bond acceptors (Lipinski definition) is 5. The minimum absolute atomic E-state index is 0.551. The topological polar surface area (TPSA) is 69.9 Å². The van der Waals surface area contributed by atoms with Gasteiger partial charge in [0.2, 0.25) is 0 Å². The highest BCUT2D eigenvalue weighted by Crippen LogP contribution is 2.42. The quantitative estimate of drug-likeness (QED) is 0.189. The van der Waals surface area contributed by atoms with Gasteiger partial charge in [0.05, 0.1) is 27.7 Å². The molecule has 0 unspecified atom stereocenters. The van der Waals surface area contributed by atoms with Crippen molar-refractivity contribution in [3.05, 3.63) is 158 Å². The van der Waals surface area contributed by atoms with Crippen molar-refractivity contribution >= 4 is 65.7 Å². The Hall–Kier alpha value is -7.05. The van der Waals surface area contributed by atoms with Gasteiger partial charge in [0, 0.05) is 38.1 Å². The van der Waals surface area contributed by atoms with Gasteiger partial charge in [-0.3, -0.25) is 0 Å². The number of benzene rings is 7. The number of para-hydroxylation sites is 3. The van der Waals surface area contributed by atoms with E-state index in [1.807, 2.05) is 78.9 Å². The van der Waals surface area contributed by atoms with Crippen LogP contribution >= 0.6 is 0 Å². The van der Waals surface area contributed by atoms with Crippen LogP contribution < -0.4 is 0 Å². The van der Waals surface area contributed by atoms with Crippen molar-refractivity contribution in [1.82, 2.24) is 19.5 Å².